The van der Waals surface area contributed by atoms with Gasteiger partial charge in [0.25, 0.3) is 0 Å². The second-order valence-electron chi connectivity index (χ2n) is 11.0. The third-order valence-electron chi connectivity index (χ3n) is 7.27. The minimum absolute atomic E-state index is 0.0341. The predicted molar refractivity (Wildman–Crippen MR) is 180 cm³/mol. The summed E-state index contributed by atoms with van der Waals surface area (Å²) in [4.78, 5) is 14.9. The Morgan fingerprint density at radius 3 is 2.35 bits per heavy atom. The number of hydrogen-bond acceptors (Lipinski definition) is 5. The average molecular weight is 645 g/mol. The van der Waals surface area contributed by atoms with Gasteiger partial charge in [0.2, 0.25) is 5.88 Å². The third-order valence-corrected chi connectivity index (χ3v) is 7.75. The maximum atomic E-state index is 14.5. The Balaban J connectivity index is 0.000000275. The minimum Gasteiger partial charge on any atom is -0.478 e. The summed E-state index contributed by atoms with van der Waals surface area (Å²) < 4.78 is 39.2. The number of pyridine rings is 1. The highest BCUT2D eigenvalue weighted by Gasteiger charge is 2.14. The van der Waals surface area contributed by atoms with E-state index in [-0.39, 0.29) is 18.0 Å². The van der Waals surface area contributed by atoms with Gasteiger partial charge in [0, 0.05) is 23.8 Å². The van der Waals surface area contributed by atoms with Gasteiger partial charge < -0.3 is 14.6 Å². The number of carboxylic acid groups (broad SMARTS) is 1. The van der Waals surface area contributed by atoms with Crippen LogP contribution in [0.4, 0.5) is 8.78 Å². The van der Waals surface area contributed by atoms with Crippen LogP contribution in [0, 0.1) is 36.8 Å². The molecular weight excluding hydrogens is 605 g/mol. The molecule has 2 heterocycles. The Bertz CT molecular complexity index is 1730. The number of ether oxygens (including phenoxy) is 2. The Kier molecular flexibility index (Phi) is 13.6. The van der Waals surface area contributed by atoms with Crippen LogP contribution < -0.4 is 10.0 Å². The van der Waals surface area contributed by atoms with E-state index in [2.05, 4.69) is 27.7 Å². The fourth-order valence-corrected chi connectivity index (χ4v) is 4.76. The van der Waals surface area contributed by atoms with Crippen molar-refractivity contribution in [2.75, 3.05) is 6.61 Å². The van der Waals surface area contributed by atoms with Gasteiger partial charge in [0.05, 0.1) is 29.0 Å². The second kappa shape index (κ2) is 17.3. The highest BCUT2D eigenvalue weighted by atomic mass is 31.0. The smallest absolute Gasteiger partial charge is 0.335 e. The van der Waals surface area contributed by atoms with Crippen LogP contribution in [0.2, 0.25) is 0 Å². The number of aromatic carboxylic acids is 1. The van der Waals surface area contributed by atoms with Crippen molar-refractivity contribution in [1.82, 2.24) is 4.98 Å². The van der Waals surface area contributed by atoms with Crippen molar-refractivity contribution in [2.24, 2.45) is 0 Å². The lowest BCUT2D eigenvalue weighted by molar-refractivity contribution is -0.0516. The number of carboxylic acids is 1. The molecule has 1 aliphatic heterocycles. The van der Waals surface area contributed by atoms with E-state index in [9.17, 15) is 13.6 Å². The molecule has 0 amide bonds. The number of aromatic nitrogens is 1. The number of benzene rings is 3. The normalized spacial score (nSPS) is 13.1. The number of halogens is 2. The SMILES string of the molecule is C=C(C)Cc1cc(P)c(-c2cccc(OCc3ccc(C#N)cc3F)n2)cc1F.CCC1CCO1.Cc1ccc(C(=O)O)cc1C. The van der Waals surface area contributed by atoms with Gasteiger partial charge in [-0.1, -0.05) is 37.3 Å². The quantitative estimate of drug-likeness (QED) is 0.153. The molecule has 0 saturated carbocycles. The van der Waals surface area contributed by atoms with Gasteiger partial charge >= 0.3 is 5.97 Å². The van der Waals surface area contributed by atoms with Crippen molar-refractivity contribution < 1.29 is 28.2 Å². The largest absolute Gasteiger partial charge is 0.478 e. The number of aryl methyl sites for hydroxylation is 2. The van der Waals surface area contributed by atoms with Crippen molar-refractivity contribution in [1.29, 1.82) is 5.26 Å². The first kappa shape index (κ1) is 36.0. The Labute approximate surface area is 271 Å². The van der Waals surface area contributed by atoms with E-state index in [1.807, 2.05) is 32.9 Å². The van der Waals surface area contributed by atoms with Crippen molar-refractivity contribution >= 4 is 20.5 Å². The topological polar surface area (TPSA) is 92.4 Å². The average Bonchev–Trinajstić information content (AvgIpc) is 2.99. The highest BCUT2D eigenvalue weighted by Crippen LogP contribution is 2.24. The van der Waals surface area contributed by atoms with Gasteiger partial charge in [-0.15, -0.1) is 9.24 Å². The van der Waals surface area contributed by atoms with E-state index < -0.39 is 11.8 Å². The molecule has 46 heavy (non-hydrogen) atoms. The van der Waals surface area contributed by atoms with E-state index in [1.165, 1.54) is 37.1 Å². The summed E-state index contributed by atoms with van der Waals surface area (Å²) in [7, 11) is 2.60. The molecule has 6 nitrogen and oxygen atoms in total. The van der Waals surface area contributed by atoms with E-state index in [0.717, 1.165) is 28.6 Å². The van der Waals surface area contributed by atoms with Crippen LogP contribution in [-0.4, -0.2) is 28.8 Å². The maximum Gasteiger partial charge on any atom is 0.335 e. The van der Waals surface area contributed by atoms with Crippen LogP contribution in [0.25, 0.3) is 11.3 Å². The van der Waals surface area contributed by atoms with Crippen LogP contribution in [-0.2, 0) is 17.8 Å². The first-order valence-electron chi connectivity index (χ1n) is 14.8. The number of rotatable bonds is 8. The molecule has 240 valence electrons. The van der Waals surface area contributed by atoms with Crippen LogP contribution in [0.5, 0.6) is 5.88 Å². The summed E-state index contributed by atoms with van der Waals surface area (Å²) in [6.07, 6.45) is 3.57. The molecule has 2 unspecified atom stereocenters. The van der Waals surface area contributed by atoms with Gasteiger partial charge in [0.15, 0.2) is 0 Å². The molecule has 1 N–H and O–H groups in total. The molecule has 0 radical (unpaired) electrons. The number of allylic oxidation sites excluding steroid dienone is 1. The zero-order valence-electron chi connectivity index (χ0n) is 26.6. The molecule has 0 bridgehead atoms. The van der Waals surface area contributed by atoms with Gasteiger partial charge in [0.1, 0.15) is 18.2 Å². The van der Waals surface area contributed by atoms with Crippen LogP contribution in [0.15, 0.2) is 78.9 Å². The van der Waals surface area contributed by atoms with Gasteiger partial charge in [-0.05, 0) is 104 Å². The zero-order chi connectivity index (χ0) is 33.8. The van der Waals surface area contributed by atoms with Crippen LogP contribution in [0.1, 0.15) is 64.9 Å². The van der Waals surface area contributed by atoms with Gasteiger partial charge in [-0.2, -0.15) is 5.26 Å². The van der Waals surface area contributed by atoms with Gasteiger partial charge in [-0.3, -0.25) is 0 Å². The molecule has 4 aromatic rings. The second-order valence-corrected chi connectivity index (χ2v) is 11.6. The molecule has 5 rings (SSSR count). The lowest BCUT2D eigenvalue weighted by Gasteiger charge is -2.24. The summed E-state index contributed by atoms with van der Waals surface area (Å²) in [6.45, 7) is 12.7. The molecule has 2 atom stereocenters. The molecule has 0 spiro atoms. The summed E-state index contributed by atoms with van der Waals surface area (Å²) in [5.41, 5.74) is 5.70. The summed E-state index contributed by atoms with van der Waals surface area (Å²) >= 11 is 0. The Morgan fingerprint density at radius 2 is 1.80 bits per heavy atom. The number of carbonyl (C=O) groups is 1. The summed E-state index contributed by atoms with van der Waals surface area (Å²) in [6, 6.07) is 19.6. The molecule has 1 saturated heterocycles. The predicted octanol–water partition coefficient (Wildman–Crippen LogP) is 8.28. The number of hydrogen-bond donors (Lipinski definition) is 1. The van der Waals surface area contributed by atoms with E-state index in [1.54, 1.807) is 36.4 Å². The fourth-order valence-electron chi connectivity index (χ4n) is 4.33. The summed E-state index contributed by atoms with van der Waals surface area (Å²) in [5.74, 6) is -1.40. The maximum absolute atomic E-state index is 14.5. The summed E-state index contributed by atoms with van der Waals surface area (Å²) in [5, 5.41) is 18.2. The van der Waals surface area contributed by atoms with E-state index in [4.69, 9.17) is 19.8 Å². The molecule has 9 heteroatoms. The molecule has 3 aromatic carbocycles. The Morgan fingerprint density at radius 1 is 1.09 bits per heavy atom. The van der Waals surface area contributed by atoms with Crippen molar-refractivity contribution in [2.45, 2.75) is 59.7 Å². The van der Waals surface area contributed by atoms with E-state index >= 15 is 0 Å². The molecule has 0 aliphatic carbocycles. The molecule has 1 fully saturated rings. The lowest BCUT2D eigenvalue weighted by atomic mass is 10.0. The lowest BCUT2D eigenvalue weighted by Crippen LogP contribution is -2.25. The number of nitriles is 1. The fraction of sp³-hybridized carbons (Fsp3) is 0.270. The molecule has 1 aromatic heterocycles. The minimum atomic E-state index is -0.867. The van der Waals surface area contributed by atoms with Crippen LogP contribution >= 0.6 is 9.24 Å². The van der Waals surface area contributed by atoms with Crippen molar-refractivity contribution in [3.63, 3.8) is 0 Å². The third kappa shape index (κ3) is 10.6. The highest BCUT2D eigenvalue weighted by molar-refractivity contribution is 7.28. The standard InChI is InChI=1S/C23H19F2N2OP.C9H10O2.C5H10O/c1-14(2)8-17-10-22(29)18(11-20(17)25)21-4-3-5-23(27-21)28-13-16-7-6-15(12-26)9-19(16)24;1-6-3-4-8(9(10)11)5-7(6)2;1-2-5-3-4-6-5/h3-7,9-11H,1,8,13,29H2,2H3;3-5H,1-2H3,(H,10,11);5H,2-4H2,1H3. The number of nitrogens with zero attached hydrogens (tertiary/aromatic N) is 2. The molecule has 1 aliphatic rings. The monoisotopic (exact) mass is 644 g/mol. The van der Waals surface area contributed by atoms with Crippen molar-refractivity contribution in [3.05, 3.63) is 124 Å². The van der Waals surface area contributed by atoms with Crippen molar-refractivity contribution in [3.8, 4) is 23.2 Å². The first-order chi connectivity index (χ1) is 21.9. The zero-order valence-corrected chi connectivity index (χ0v) is 27.7. The van der Waals surface area contributed by atoms with Gasteiger partial charge in [-0.25, -0.2) is 18.6 Å². The Hall–Kier alpha value is -4.44. The van der Waals surface area contributed by atoms with Crippen LogP contribution in [0.3, 0.4) is 0 Å². The van der Waals surface area contributed by atoms with E-state index in [0.29, 0.717) is 46.4 Å². The first-order valence-corrected chi connectivity index (χ1v) is 15.4. The molecular formula is C37H39F2N2O4P.